The number of alkyl halides is 3. The molecule has 1 atom stereocenters. The molecule has 3 aromatic rings. The summed E-state index contributed by atoms with van der Waals surface area (Å²) in [6, 6.07) is 1.13. The molecule has 0 aliphatic carbocycles. The average molecular weight is 452 g/mol. The van der Waals surface area contributed by atoms with Crippen molar-refractivity contribution in [2.45, 2.75) is 37.1 Å². The number of aryl methyl sites for hydroxylation is 1. The summed E-state index contributed by atoms with van der Waals surface area (Å²) in [6.45, 7) is 1.32. The van der Waals surface area contributed by atoms with E-state index in [1.165, 1.54) is 0 Å². The van der Waals surface area contributed by atoms with Gasteiger partial charge >= 0.3 is 5.38 Å². The Morgan fingerprint density at radius 3 is 2.68 bits per heavy atom. The summed E-state index contributed by atoms with van der Waals surface area (Å²) in [4.78, 5) is 37.2. The van der Waals surface area contributed by atoms with E-state index in [2.05, 4.69) is 30.7 Å². The highest BCUT2D eigenvalue weighted by Crippen LogP contribution is 2.46. The minimum atomic E-state index is -3.45. The van der Waals surface area contributed by atoms with Crippen molar-refractivity contribution < 1.29 is 22.8 Å². The number of nitrogens with one attached hydrogen (secondary N) is 2. The average Bonchev–Trinajstić information content (AvgIpc) is 3.14. The van der Waals surface area contributed by atoms with E-state index in [0.717, 1.165) is 16.9 Å². The lowest BCUT2D eigenvalue weighted by Crippen LogP contribution is -2.39. The number of anilines is 2. The number of amides is 2. The van der Waals surface area contributed by atoms with Crippen LogP contribution in [0.25, 0.3) is 22.6 Å². The van der Waals surface area contributed by atoms with Crippen LogP contribution in [0.4, 0.5) is 24.8 Å². The van der Waals surface area contributed by atoms with E-state index < -0.39 is 34.8 Å². The minimum Gasteiger partial charge on any atom is -0.310 e. The quantitative estimate of drug-likeness (QED) is 0.589. The Bertz CT molecular complexity index is 1290. The first kappa shape index (κ1) is 19.7. The van der Waals surface area contributed by atoms with E-state index in [1.807, 2.05) is 0 Å². The van der Waals surface area contributed by atoms with Gasteiger partial charge < -0.3 is 10.6 Å². The van der Waals surface area contributed by atoms with Crippen LogP contribution in [0.15, 0.2) is 12.3 Å². The molecule has 3 aromatic heterocycles. The standard InChI is InChI=1S/C18H13ClF3N7O2/c1-17-5-9(30)24-12-10(17)13(27-16(17)31)26-14(25-12)11-8-4-7(20)6-23-15(8)29(28-11)3-2-18(19,21)22/h4,6H,2-3,5H2,1H3,(H2,24,25,26,27,30,31). The van der Waals surface area contributed by atoms with E-state index in [9.17, 15) is 22.8 Å². The first-order valence-electron chi connectivity index (χ1n) is 9.18. The molecule has 0 bridgehead atoms. The topological polar surface area (TPSA) is 115 Å². The second-order valence-electron chi connectivity index (χ2n) is 7.59. The fourth-order valence-corrected chi connectivity index (χ4v) is 3.97. The van der Waals surface area contributed by atoms with Crippen LogP contribution in [0, 0.1) is 5.82 Å². The van der Waals surface area contributed by atoms with Crippen molar-refractivity contribution in [2.75, 3.05) is 10.6 Å². The molecule has 2 aliphatic heterocycles. The van der Waals surface area contributed by atoms with E-state index >= 15 is 0 Å². The molecule has 5 rings (SSSR count). The number of rotatable bonds is 4. The normalized spacial score (nSPS) is 20.0. The Morgan fingerprint density at radius 2 is 1.97 bits per heavy atom. The van der Waals surface area contributed by atoms with E-state index in [0.29, 0.717) is 5.56 Å². The molecule has 9 nitrogen and oxygen atoms in total. The van der Waals surface area contributed by atoms with Crippen LogP contribution < -0.4 is 10.6 Å². The maximum Gasteiger partial charge on any atom is 0.323 e. The second kappa shape index (κ2) is 6.36. The van der Waals surface area contributed by atoms with E-state index in [4.69, 9.17) is 11.6 Å². The number of pyridine rings is 1. The van der Waals surface area contributed by atoms with Gasteiger partial charge in [-0.15, -0.1) is 0 Å². The van der Waals surface area contributed by atoms with Gasteiger partial charge in [0.15, 0.2) is 11.5 Å². The Kier molecular flexibility index (Phi) is 4.04. The zero-order chi connectivity index (χ0) is 22.1. The lowest BCUT2D eigenvalue weighted by molar-refractivity contribution is -0.125. The fourth-order valence-electron chi connectivity index (χ4n) is 3.88. The highest BCUT2D eigenvalue weighted by Gasteiger charge is 2.50. The molecular weight excluding hydrogens is 439 g/mol. The molecule has 0 radical (unpaired) electrons. The highest BCUT2D eigenvalue weighted by atomic mass is 35.5. The Hall–Kier alpha value is -3.28. The summed E-state index contributed by atoms with van der Waals surface area (Å²) in [6.07, 6.45) is 0.147. The predicted octanol–water partition coefficient (Wildman–Crippen LogP) is 2.80. The molecule has 0 aromatic carbocycles. The van der Waals surface area contributed by atoms with Crippen LogP contribution in [0.2, 0.25) is 0 Å². The SMILES string of the molecule is CC12CC(=O)Nc3nc(-c4nn(CCC(F)(F)Cl)c5ncc(F)cc45)nc(c31)NC2=O. The number of fused-ring (bicyclic) bond motifs is 1. The lowest BCUT2D eigenvalue weighted by Gasteiger charge is -2.27. The molecule has 160 valence electrons. The van der Waals surface area contributed by atoms with Crippen molar-refractivity contribution in [3.8, 4) is 11.5 Å². The molecule has 0 saturated carbocycles. The second-order valence-corrected chi connectivity index (χ2v) is 8.15. The monoisotopic (exact) mass is 451 g/mol. The summed E-state index contributed by atoms with van der Waals surface area (Å²) in [7, 11) is 0. The number of aromatic nitrogens is 5. The Labute approximate surface area is 177 Å². The summed E-state index contributed by atoms with van der Waals surface area (Å²) in [5, 5.41) is 6.22. The predicted molar refractivity (Wildman–Crippen MR) is 103 cm³/mol. The molecule has 0 saturated heterocycles. The van der Waals surface area contributed by atoms with Crippen LogP contribution in [0.3, 0.4) is 0 Å². The maximum atomic E-state index is 13.9. The summed E-state index contributed by atoms with van der Waals surface area (Å²) in [5.41, 5.74) is -0.461. The molecule has 5 heterocycles. The largest absolute Gasteiger partial charge is 0.323 e. The van der Waals surface area contributed by atoms with Gasteiger partial charge in [-0.1, -0.05) is 0 Å². The van der Waals surface area contributed by atoms with Crippen molar-refractivity contribution in [1.82, 2.24) is 24.7 Å². The molecule has 2 N–H and O–H groups in total. The molecule has 2 amide bonds. The number of hydrogen-bond donors (Lipinski definition) is 2. The third-order valence-corrected chi connectivity index (χ3v) is 5.53. The van der Waals surface area contributed by atoms with Crippen LogP contribution in [0.1, 0.15) is 25.3 Å². The maximum absolute atomic E-state index is 13.9. The van der Waals surface area contributed by atoms with Crippen molar-refractivity contribution in [3.63, 3.8) is 0 Å². The number of hydrogen-bond acceptors (Lipinski definition) is 6. The van der Waals surface area contributed by atoms with Gasteiger partial charge in [0.05, 0.1) is 29.1 Å². The van der Waals surface area contributed by atoms with Gasteiger partial charge in [0, 0.05) is 12.8 Å². The highest BCUT2D eigenvalue weighted by molar-refractivity contribution is 6.21. The van der Waals surface area contributed by atoms with Gasteiger partial charge in [-0.3, -0.25) is 9.59 Å². The Morgan fingerprint density at radius 1 is 1.26 bits per heavy atom. The van der Waals surface area contributed by atoms with Crippen LogP contribution in [-0.2, 0) is 21.5 Å². The van der Waals surface area contributed by atoms with Gasteiger partial charge in [0.2, 0.25) is 11.8 Å². The van der Waals surface area contributed by atoms with Crippen molar-refractivity contribution in [2.24, 2.45) is 0 Å². The lowest BCUT2D eigenvalue weighted by atomic mass is 9.79. The smallest absolute Gasteiger partial charge is 0.310 e. The Balaban J connectivity index is 1.68. The van der Waals surface area contributed by atoms with Gasteiger partial charge in [0.1, 0.15) is 23.1 Å². The van der Waals surface area contributed by atoms with Gasteiger partial charge in [0.25, 0.3) is 0 Å². The van der Waals surface area contributed by atoms with Gasteiger partial charge in [-0.2, -0.15) is 13.9 Å². The minimum absolute atomic E-state index is 0.0331. The zero-order valence-corrected chi connectivity index (χ0v) is 16.6. The van der Waals surface area contributed by atoms with Crippen molar-refractivity contribution >= 4 is 46.1 Å². The number of halogens is 4. The molecule has 13 heteroatoms. The van der Waals surface area contributed by atoms with Crippen LogP contribution in [0.5, 0.6) is 0 Å². The van der Waals surface area contributed by atoms with E-state index in [1.54, 1.807) is 6.92 Å². The molecule has 2 aliphatic rings. The number of nitrogens with zero attached hydrogens (tertiary/aromatic N) is 5. The number of carbonyl (C=O) groups is 2. The molecule has 0 spiro atoms. The molecule has 0 fully saturated rings. The van der Waals surface area contributed by atoms with E-state index in [-0.39, 0.29) is 47.2 Å². The molecular formula is C18H13ClF3N7O2. The summed E-state index contributed by atoms with van der Waals surface area (Å²) in [5.74, 6) is -1.15. The van der Waals surface area contributed by atoms with Crippen molar-refractivity contribution in [3.05, 3.63) is 23.6 Å². The third-order valence-electron chi connectivity index (χ3n) is 5.34. The fraction of sp³-hybridized carbons (Fsp3) is 0.333. The van der Waals surface area contributed by atoms with Crippen molar-refractivity contribution in [1.29, 1.82) is 0 Å². The van der Waals surface area contributed by atoms with Gasteiger partial charge in [-0.25, -0.2) is 24.0 Å². The zero-order valence-electron chi connectivity index (χ0n) is 15.8. The molecule has 31 heavy (non-hydrogen) atoms. The first-order chi connectivity index (χ1) is 14.5. The van der Waals surface area contributed by atoms with Crippen LogP contribution >= 0.6 is 11.6 Å². The summed E-state index contributed by atoms with van der Waals surface area (Å²) >= 11 is 4.99. The van der Waals surface area contributed by atoms with Gasteiger partial charge in [-0.05, 0) is 24.6 Å². The third kappa shape index (κ3) is 3.09. The first-order valence-corrected chi connectivity index (χ1v) is 9.56. The number of carbonyl (C=O) groups excluding carboxylic acids is 2. The summed E-state index contributed by atoms with van der Waals surface area (Å²) < 4.78 is 41.3. The van der Waals surface area contributed by atoms with Crippen LogP contribution in [-0.4, -0.2) is 41.9 Å². The molecule has 1 unspecified atom stereocenters.